The van der Waals surface area contributed by atoms with Gasteiger partial charge in [0.2, 0.25) is 5.91 Å². The van der Waals surface area contributed by atoms with Crippen LogP contribution in [0.15, 0.2) is 30.3 Å². The highest BCUT2D eigenvalue weighted by atomic mass is 19.1. The van der Waals surface area contributed by atoms with Crippen molar-refractivity contribution in [2.24, 2.45) is 0 Å². The summed E-state index contributed by atoms with van der Waals surface area (Å²) in [5.41, 5.74) is 1.01. The highest BCUT2D eigenvalue weighted by Crippen LogP contribution is 2.29. The summed E-state index contributed by atoms with van der Waals surface area (Å²) in [5.74, 6) is -0.402. The van der Waals surface area contributed by atoms with Gasteiger partial charge in [-0.3, -0.25) is 4.79 Å². The van der Waals surface area contributed by atoms with Crippen LogP contribution in [-0.2, 0) is 9.53 Å². The average Bonchev–Trinajstić information content (AvgIpc) is 3.31. The fraction of sp³-hybridized carbons (Fsp3) is 0.381. The molecule has 4 rings (SSSR count). The molecule has 2 amide bonds. The Bertz CT molecular complexity index is 1170. The van der Waals surface area contributed by atoms with Gasteiger partial charge in [0.15, 0.2) is 5.65 Å². The Balaban J connectivity index is 1.67. The van der Waals surface area contributed by atoms with E-state index in [1.807, 2.05) is 0 Å². The maximum atomic E-state index is 14.8. The van der Waals surface area contributed by atoms with Gasteiger partial charge < -0.3 is 9.64 Å². The third-order valence-electron chi connectivity index (χ3n) is 4.82. The molecule has 0 aliphatic carbocycles. The molecule has 1 fully saturated rings. The second kappa shape index (κ2) is 7.60. The summed E-state index contributed by atoms with van der Waals surface area (Å²) in [5, 5.41) is 12.5. The molecule has 0 atom stereocenters. The highest BCUT2D eigenvalue weighted by molar-refractivity contribution is 5.95. The number of hydrogen-bond donors (Lipinski definition) is 0. The topological polar surface area (TPSA) is 92.9 Å². The summed E-state index contributed by atoms with van der Waals surface area (Å²) < 4.78 is 21.5. The number of hydrogen-bond acceptors (Lipinski definition) is 6. The van der Waals surface area contributed by atoms with Gasteiger partial charge in [0.25, 0.3) is 5.95 Å². The van der Waals surface area contributed by atoms with E-state index in [4.69, 9.17) is 4.74 Å². The predicted molar refractivity (Wildman–Crippen MR) is 112 cm³/mol. The van der Waals surface area contributed by atoms with Crippen LogP contribution in [0, 0.1) is 5.82 Å². The van der Waals surface area contributed by atoms with Gasteiger partial charge in [0, 0.05) is 25.6 Å². The maximum Gasteiger partial charge on any atom is 0.416 e. The SMILES string of the molecule is CN(C(=O)OC(C)(C)C)c1nnc2ccc(-c3ccc(N4CCCC4=O)c(F)c3)nn12. The normalized spacial score (nSPS) is 14.4. The lowest BCUT2D eigenvalue weighted by Crippen LogP contribution is -2.35. The second-order valence-electron chi connectivity index (χ2n) is 8.34. The molecule has 0 bridgehead atoms. The van der Waals surface area contributed by atoms with Crippen molar-refractivity contribution >= 4 is 29.3 Å². The fourth-order valence-corrected chi connectivity index (χ4v) is 3.34. The molecule has 3 heterocycles. The Morgan fingerprint density at radius 1 is 1.19 bits per heavy atom. The summed E-state index contributed by atoms with van der Waals surface area (Å²) in [6.45, 7) is 5.82. The molecule has 0 spiro atoms. The van der Waals surface area contributed by atoms with E-state index in [9.17, 15) is 14.0 Å². The van der Waals surface area contributed by atoms with Crippen LogP contribution in [0.5, 0.6) is 0 Å². The lowest BCUT2D eigenvalue weighted by molar-refractivity contribution is -0.117. The number of ether oxygens (including phenoxy) is 1. The lowest BCUT2D eigenvalue weighted by Gasteiger charge is -2.23. The molecule has 1 aromatic carbocycles. The number of nitrogens with zero attached hydrogens (tertiary/aromatic N) is 6. The third-order valence-corrected chi connectivity index (χ3v) is 4.82. The van der Waals surface area contributed by atoms with E-state index in [0.29, 0.717) is 29.9 Å². The summed E-state index contributed by atoms with van der Waals surface area (Å²) in [6, 6.07) is 8.00. The van der Waals surface area contributed by atoms with E-state index in [1.54, 1.807) is 45.0 Å². The first-order chi connectivity index (χ1) is 14.6. The van der Waals surface area contributed by atoms with Gasteiger partial charge >= 0.3 is 6.09 Å². The number of anilines is 2. The van der Waals surface area contributed by atoms with Crippen molar-refractivity contribution in [3.05, 3.63) is 36.1 Å². The van der Waals surface area contributed by atoms with Gasteiger partial charge in [-0.25, -0.2) is 14.1 Å². The molecule has 2 aromatic heterocycles. The molecule has 9 nitrogen and oxygen atoms in total. The molecule has 1 saturated heterocycles. The minimum atomic E-state index is -0.666. The van der Waals surface area contributed by atoms with Gasteiger partial charge in [-0.15, -0.1) is 10.2 Å². The Kier molecular flexibility index (Phi) is 5.08. The number of amides is 2. The molecule has 162 valence electrons. The third kappa shape index (κ3) is 4.05. The van der Waals surface area contributed by atoms with E-state index >= 15 is 0 Å². The van der Waals surface area contributed by atoms with Gasteiger partial charge in [0.1, 0.15) is 11.4 Å². The van der Waals surface area contributed by atoms with Crippen molar-refractivity contribution in [3.8, 4) is 11.3 Å². The van der Waals surface area contributed by atoms with E-state index in [0.717, 1.165) is 6.42 Å². The van der Waals surface area contributed by atoms with Crippen molar-refractivity contribution in [1.82, 2.24) is 19.8 Å². The zero-order valence-corrected chi connectivity index (χ0v) is 17.8. The number of rotatable bonds is 3. The first kappa shape index (κ1) is 20.7. The lowest BCUT2D eigenvalue weighted by atomic mass is 10.1. The zero-order valence-electron chi connectivity index (χ0n) is 17.8. The number of halogens is 1. The van der Waals surface area contributed by atoms with Crippen molar-refractivity contribution in [2.75, 3.05) is 23.4 Å². The second-order valence-corrected chi connectivity index (χ2v) is 8.34. The quantitative estimate of drug-likeness (QED) is 0.637. The number of fused-ring (bicyclic) bond motifs is 1. The van der Waals surface area contributed by atoms with Crippen molar-refractivity contribution < 1.29 is 18.7 Å². The van der Waals surface area contributed by atoms with Crippen LogP contribution < -0.4 is 9.80 Å². The van der Waals surface area contributed by atoms with Crippen LogP contribution in [0.1, 0.15) is 33.6 Å². The first-order valence-corrected chi connectivity index (χ1v) is 9.93. The maximum absolute atomic E-state index is 14.8. The Labute approximate surface area is 178 Å². The van der Waals surface area contributed by atoms with E-state index in [-0.39, 0.29) is 17.5 Å². The molecular formula is C21H23FN6O3. The first-order valence-electron chi connectivity index (χ1n) is 9.93. The van der Waals surface area contributed by atoms with Crippen molar-refractivity contribution in [2.45, 2.75) is 39.2 Å². The summed E-state index contributed by atoms with van der Waals surface area (Å²) in [6.07, 6.45) is 0.556. The molecule has 0 saturated carbocycles. The number of carbonyl (C=O) groups is 2. The molecule has 3 aromatic rings. The molecule has 1 aliphatic heterocycles. The smallest absolute Gasteiger partial charge is 0.416 e. The monoisotopic (exact) mass is 426 g/mol. The largest absolute Gasteiger partial charge is 0.443 e. The summed E-state index contributed by atoms with van der Waals surface area (Å²) in [4.78, 5) is 27.0. The molecular weight excluding hydrogens is 403 g/mol. The van der Waals surface area contributed by atoms with Crippen LogP contribution in [-0.4, -0.2) is 51.0 Å². The van der Waals surface area contributed by atoms with Crippen LogP contribution in [0.4, 0.5) is 20.8 Å². The standard InChI is InChI=1S/C21H23FN6O3/c1-21(2,3)31-20(30)26(4)19-24-23-17-10-8-15(25-28(17)19)13-7-9-16(14(22)12-13)27-11-5-6-18(27)29/h7-10,12H,5-6,11H2,1-4H3. The Morgan fingerprint density at radius 3 is 2.61 bits per heavy atom. The number of benzene rings is 1. The molecule has 1 aliphatic rings. The van der Waals surface area contributed by atoms with Crippen LogP contribution >= 0.6 is 0 Å². The fourth-order valence-electron chi connectivity index (χ4n) is 3.34. The molecule has 0 N–H and O–H groups in total. The average molecular weight is 426 g/mol. The Morgan fingerprint density at radius 2 is 1.97 bits per heavy atom. The van der Waals surface area contributed by atoms with Crippen molar-refractivity contribution in [1.29, 1.82) is 0 Å². The predicted octanol–water partition coefficient (Wildman–Crippen LogP) is 3.43. The van der Waals surface area contributed by atoms with E-state index in [1.165, 1.54) is 27.4 Å². The number of carbonyl (C=O) groups excluding carboxylic acids is 2. The van der Waals surface area contributed by atoms with Crippen LogP contribution in [0.3, 0.4) is 0 Å². The van der Waals surface area contributed by atoms with Gasteiger partial charge in [-0.2, -0.15) is 9.61 Å². The summed E-state index contributed by atoms with van der Waals surface area (Å²) in [7, 11) is 1.51. The minimum Gasteiger partial charge on any atom is -0.443 e. The van der Waals surface area contributed by atoms with Gasteiger partial charge in [0.05, 0.1) is 11.4 Å². The van der Waals surface area contributed by atoms with E-state index in [2.05, 4.69) is 15.3 Å². The molecule has 10 heteroatoms. The Hall–Kier alpha value is -3.56. The summed E-state index contributed by atoms with van der Waals surface area (Å²) >= 11 is 0. The highest BCUT2D eigenvalue weighted by Gasteiger charge is 2.26. The van der Waals surface area contributed by atoms with Gasteiger partial charge in [-0.05, 0) is 51.5 Å². The molecule has 0 unspecified atom stereocenters. The number of aromatic nitrogens is 4. The molecule has 0 radical (unpaired) electrons. The van der Waals surface area contributed by atoms with Gasteiger partial charge in [-0.1, -0.05) is 6.07 Å². The van der Waals surface area contributed by atoms with Crippen LogP contribution in [0.25, 0.3) is 16.9 Å². The zero-order chi connectivity index (χ0) is 22.3. The van der Waals surface area contributed by atoms with Crippen LogP contribution in [0.2, 0.25) is 0 Å². The molecule has 31 heavy (non-hydrogen) atoms. The van der Waals surface area contributed by atoms with E-state index < -0.39 is 17.5 Å². The minimum absolute atomic E-state index is 0.0782. The van der Waals surface area contributed by atoms with Crippen molar-refractivity contribution in [3.63, 3.8) is 0 Å².